The van der Waals surface area contributed by atoms with E-state index >= 15 is 0 Å². The van der Waals surface area contributed by atoms with Gasteiger partial charge >= 0.3 is 0 Å². The summed E-state index contributed by atoms with van der Waals surface area (Å²) in [5.74, 6) is 0.877. The smallest absolute Gasteiger partial charge is 0.157 e. The molecular formula is C20H18ClN5. The topological polar surface area (TPSA) is 45.5 Å². The molecule has 2 aromatic heterocycles. The molecule has 0 saturated carbocycles. The van der Waals surface area contributed by atoms with Crippen molar-refractivity contribution in [3.8, 4) is 11.3 Å². The van der Waals surface area contributed by atoms with E-state index in [4.69, 9.17) is 16.6 Å². The number of halogens is 1. The summed E-state index contributed by atoms with van der Waals surface area (Å²) in [5.41, 5.74) is 4.72. The number of hydrogen-bond acceptors (Lipinski definition) is 4. The van der Waals surface area contributed by atoms with E-state index in [1.165, 1.54) is 0 Å². The van der Waals surface area contributed by atoms with Crippen LogP contribution in [0, 0.1) is 0 Å². The van der Waals surface area contributed by atoms with Crippen molar-refractivity contribution in [2.24, 2.45) is 0 Å². The lowest BCUT2D eigenvalue weighted by Gasteiger charge is -2.13. The van der Waals surface area contributed by atoms with Crippen LogP contribution in [0.25, 0.3) is 16.9 Å². The fourth-order valence-electron chi connectivity index (χ4n) is 2.85. The first-order valence-corrected chi connectivity index (χ1v) is 8.62. The standard InChI is InChI=1S/C20H18ClN5/c1-25(2)17-8-6-14(7-9-17)19-20(23-16-5-3-4-15(21)12-16)26-11-10-22-13-18(26)24-19/h3-13,23H,1-2H3. The lowest BCUT2D eigenvalue weighted by molar-refractivity contribution is 1.13. The average Bonchev–Trinajstić information content (AvgIpc) is 3.00. The Bertz CT molecular complexity index is 1050. The molecule has 0 aliphatic heterocycles. The second-order valence-electron chi connectivity index (χ2n) is 6.19. The maximum atomic E-state index is 6.13. The molecule has 26 heavy (non-hydrogen) atoms. The van der Waals surface area contributed by atoms with Crippen LogP contribution in [0.3, 0.4) is 0 Å². The molecule has 130 valence electrons. The van der Waals surface area contributed by atoms with Gasteiger partial charge < -0.3 is 10.2 Å². The molecule has 4 rings (SSSR count). The molecule has 0 aliphatic rings. The zero-order valence-corrected chi connectivity index (χ0v) is 15.3. The van der Waals surface area contributed by atoms with Gasteiger partial charge in [0.2, 0.25) is 0 Å². The molecule has 6 heteroatoms. The molecule has 1 N–H and O–H groups in total. The third-order valence-electron chi connectivity index (χ3n) is 4.17. The fourth-order valence-corrected chi connectivity index (χ4v) is 3.04. The second kappa shape index (κ2) is 6.69. The third-order valence-corrected chi connectivity index (χ3v) is 4.41. The molecular weight excluding hydrogens is 346 g/mol. The zero-order valence-electron chi connectivity index (χ0n) is 14.5. The summed E-state index contributed by atoms with van der Waals surface area (Å²) in [6.45, 7) is 0. The van der Waals surface area contributed by atoms with Crippen LogP contribution >= 0.6 is 11.6 Å². The van der Waals surface area contributed by atoms with Gasteiger partial charge in [0.05, 0.1) is 6.20 Å². The van der Waals surface area contributed by atoms with Gasteiger partial charge in [-0.05, 0) is 30.3 Å². The Morgan fingerprint density at radius 1 is 1.08 bits per heavy atom. The Kier molecular flexibility index (Phi) is 4.22. The van der Waals surface area contributed by atoms with Crippen molar-refractivity contribution in [3.63, 3.8) is 0 Å². The number of aromatic nitrogens is 3. The molecule has 0 atom stereocenters. The first-order chi connectivity index (χ1) is 12.6. The quantitative estimate of drug-likeness (QED) is 0.562. The average molecular weight is 364 g/mol. The van der Waals surface area contributed by atoms with Gasteiger partial charge in [-0.2, -0.15) is 0 Å². The molecule has 0 aliphatic carbocycles. The van der Waals surface area contributed by atoms with Crippen molar-refractivity contribution < 1.29 is 0 Å². The van der Waals surface area contributed by atoms with Gasteiger partial charge in [-0.25, -0.2) is 4.98 Å². The van der Waals surface area contributed by atoms with E-state index in [-0.39, 0.29) is 0 Å². The number of imidazole rings is 1. The number of hydrogen-bond donors (Lipinski definition) is 1. The van der Waals surface area contributed by atoms with Gasteiger partial charge in [-0.1, -0.05) is 29.8 Å². The van der Waals surface area contributed by atoms with Crippen molar-refractivity contribution in [3.05, 3.63) is 72.1 Å². The summed E-state index contributed by atoms with van der Waals surface area (Å²) < 4.78 is 1.99. The normalized spacial score (nSPS) is 10.9. The van der Waals surface area contributed by atoms with Gasteiger partial charge in [0.25, 0.3) is 0 Å². The van der Waals surface area contributed by atoms with E-state index in [0.29, 0.717) is 5.02 Å². The Morgan fingerprint density at radius 2 is 1.88 bits per heavy atom. The van der Waals surface area contributed by atoms with Gasteiger partial charge in [0, 0.05) is 48.4 Å². The minimum absolute atomic E-state index is 0.683. The molecule has 0 fully saturated rings. The largest absolute Gasteiger partial charge is 0.378 e. The molecule has 0 saturated heterocycles. The molecule has 5 nitrogen and oxygen atoms in total. The van der Waals surface area contributed by atoms with Crippen molar-refractivity contribution in [2.75, 3.05) is 24.3 Å². The molecule has 2 aromatic carbocycles. The first-order valence-electron chi connectivity index (χ1n) is 8.24. The number of anilines is 3. The lowest BCUT2D eigenvalue weighted by Crippen LogP contribution is -2.07. The Balaban J connectivity index is 1.83. The van der Waals surface area contributed by atoms with Crippen LogP contribution in [0.4, 0.5) is 17.2 Å². The second-order valence-corrected chi connectivity index (χ2v) is 6.63. The van der Waals surface area contributed by atoms with Crippen molar-refractivity contribution in [1.29, 1.82) is 0 Å². The third kappa shape index (κ3) is 3.09. The van der Waals surface area contributed by atoms with E-state index in [2.05, 4.69) is 39.5 Å². The highest BCUT2D eigenvalue weighted by Crippen LogP contribution is 2.32. The molecule has 0 radical (unpaired) electrons. The fraction of sp³-hybridized carbons (Fsp3) is 0.100. The number of rotatable bonds is 4. The number of nitrogens with zero attached hydrogens (tertiary/aromatic N) is 4. The summed E-state index contributed by atoms with van der Waals surface area (Å²) >= 11 is 6.13. The van der Waals surface area contributed by atoms with E-state index in [9.17, 15) is 0 Å². The van der Waals surface area contributed by atoms with Crippen LogP contribution in [0.1, 0.15) is 0 Å². The van der Waals surface area contributed by atoms with Crippen LogP contribution < -0.4 is 10.2 Å². The van der Waals surface area contributed by atoms with Crippen LogP contribution in [-0.4, -0.2) is 28.5 Å². The maximum absolute atomic E-state index is 6.13. The lowest BCUT2D eigenvalue weighted by atomic mass is 10.1. The highest BCUT2D eigenvalue weighted by molar-refractivity contribution is 6.30. The minimum atomic E-state index is 0.683. The highest BCUT2D eigenvalue weighted by Gasteiger charge is 2.15. The molecule has 0 spiro atoms. The first kappa shape index (κ1) is 16.4. The summed E-state index contributed by atoms with van der Waals surface area (Å²) in [4.78, 5) is 11.0. The minimum Gasteiger partial charge on any atom is -0.378 e. The maximum Gasteiger partial charge on any atom is 0.157 e. The van der Waals surface area contributed by atoms with Crippen molar-refractivity contribution >= 4 is 34.4 Å². The predicted molar refractivity (Wildman–Crippen MR) is 107 cm³/mol. The van der Waals surface area contributed by atoms with Crippen LogP contribution in [0.15, 0.2) is 67.1 Å². The Hall–Kier alpha value is -3.05. The van der Waals surface area contributed by atoms with Gasteiger partial charge in [-0.15, -0.1) is 0 Å². The van der Waals surface area contributed by atoms with Crippen molar-refractivity contribution in [1.82, 2.24) is 14.4 Å². The monoisotopic (exact) mass is 363 g/mol. The van der Waals surface area contributed by atoms with Gasteiger partial charge in [0.15, 0.2) is 5.65 Å². The van der Waals surface area contributed by atoms with Crippen LogP contribution in [0.2, 0.25) is 5.02 Å². The van der Waals surface area contributed by atoms with Gasteiger partial charge in [0.1, 0.15) is 11.5 Å². The van der Waals surface area contributed by atoms with E-state index < -0.39 is 0 Å². The predicted octanol–water partition coefficient (Wildman–Crippen LogP) is 4.86. The molecule has 0 bridgehead atoms. The number of nitrogens with one attached hydrogen (secondary N) is 1. The number of benzene rings is 2. The SMILES string of the molecule is CN(C)c1ccc(-c2nc3cnccn3c2Nc2cccc(Cl)c2)cc1. The number of fused-ring (bicyclic) bond motifs is 1. The van der Waals surface area contributed by atoms with E-state index in [0.717, 1.165) is 34.1 Å². The zero-order chi connectivity index (χ0) is 18.1. The Labute approximate surface area is 156 Å². The summed E-state index contributed by atoms with van der Waals surface area (Å²) in [6, 6.07) is 16.0. The van der Waals surface area contributed by atoms with E-state index in [1.807, 2.05) is 49.0 Å². The van der Waals surface area contributed by atoms with Crippen LogP contribution in [-0.2, 0) is 0 Å². The van der Waals surface area contributed by atoms with Gasteiger partial charge in [-0.3, -0.25) is 9.38 Å². The molecule has 0 amide bonds. The summed E-state index contributed by atoms with van der Waals surface area (Å²) in [6.07, 6.45) is 5.39. The molecule has 2 heterocycles. The van der Waals surface area contributed by atoms with Crippen molar-refractivity contribution in [2.45, 2.75) is 0 Å². The highest BCUT2D eigenvalue weighted by atomic mass is 35.5. The molecule has 4 aromatic rings. The summed E-state index contributed by atoms with van der Waals surface area (Å²) in [5, 5.41) is 4.13. The van der Waals surface area contributed by atoms with E-state index in [1.54, 1.807) is 12.4 Å². The summed E-state index contributed by atoms with van der Waals surface area (Å²) in [7, 11) is 4.05. The molecule has 0 unspecified atom stereocenters. The Morgan fingerprint density at radius 3 is 2.62 bits per heavy atom. The van der Waals surface area contributed by atoms with Crippen LogP contribution in [0.5, 0.6) is 0 Å².